The Bertz CT molecular complexity index is 322. The van der Waals surface area contributed by atoms with Gasteiger partial charge in [-0.15, -0.1) is 11.8 Å². The van der Waals surface area contributed by atoms with Crippen molar-refractivity contribution in [1.29, 1.82) is 0 Å². The van der Waals surface area contributed by atoms with Crippen molar-refractivity contribution in [3.63, 3.8) is 0 Å². The van der Waals surface area contributed by atoms with E-state index in [1.165, 1.54) is 17.8 Å². The van der Waals surface area contributed by atoms with Crippen LogP contribution in [0.5, 0.6) is 0 Å². The van der Waals surface area contributed by atoms with E-state index in [9.17, 15) is 4.39 Å². The second kappa shape index (κ2) is 8.50. The van der Waals surface area contributed by atoms with Crippen molar-refractivity contribution in [2.75, 3.05) is 19.5 Å². The van der Waals surface area contributed by atoms with Crippen molar-refractivity contribution in [3.8, 4) is 0 Å². The van der Waals surface area contributed by atoms with Crippen molar-refractivity contribution in [1.82, 2.24) is 0 Å². The first kappa shape index (κ1) is 14.5. The molecule has 4 heteroatoms. The Kier molecular flexibility index (Phi) is 7.24. The number of ether oxygens (including phenoxy) is 1. The van der Waals surface area contributed by atoms with E-state index >= 15 is 0 Å². The normalized spacial score (nSPS) is 12.6. The third kappa shape index (κ3) is 6.05. The maximum absolute atomic E-state index is 13.3. The molecule has 0 fully saturated rings. The van der Waals surface area contributed by atoms with Crippen molar-refractivity contribution in [2.24, 2.45) is 5.73 Å². The van der Waals surface area contributed by atoms with Crippen LogP contribution in [-0.2, 0) is 4.74 Å². The fraction of sp³-hybridized carbons (Fsp3) is 0.538. The topological polar surface area (TPSA) is 35.2 Å². The fourth-order valence-corrected chi connectivity index (χ4v) is 2.44. The number of methoxy groups -OCH3 is 1. The fourth-order valence-electron chi connectivity index (χ4n) is 1.49. The molecule has 0 bridgehead atoms. The van der Waals surface area contributed by atoms with Crippen LogP contribution < -0.4 is 5.73 Å². The van der Waals surface area contributed by atoms with Crippen molar-refractivity contribution in [2.45, 2.75) is 30.2 Å². The third-order valence-corrected chi connectivity index (χ3v) is 3.70. The van der Waals surface area contributed by atoms with Crippen LogP contribution in [0.3, 0.4) is 0 Å². The van der Waals surface area contributed by atoms with Gasteiger partial charge in [-0.1, -0.05) is 12.1 Å². The zero-order valence-corrected chi connectivity index (χ0v) is 11.0. The molecule has 17 heavy (non-hydrogen) atoms. The van der Waals surface area contributed by atoms with Gasteiger partial charge in [-0.2, -0.15) is 0 Å². The number of rotatable bonds is 8. The first-order chi connectivity index (χ1) is 8.24. The van der Waals surface area contributed by atoms with E-state index in [2.05, 4.69) is 0 Å². The van der Waals surface area contributed by atoms with Crippen LogP contribution in [0.15, 0.2) is 29.2 Å². The molecular weight excluding hydrogens is 237 g/mol. The molecule has 2 N–H and O–H groups in total. The Hall–Kier alpha value is -0.580. The molecule has 0 saturated heterocycles. The standard InChI is InChI=1S/C13H20FNOS/c1-16-9-5-4-6-11(15)10-17-13-8-3-2-7-12(13)14/h2-3,7-8,11H,4-6,9-10,15H2,1H3. The van der Waals surface area contributed by atoms with E-state index in [4.69, 9.17) is 10.5 Å². The van der Waals surface area contributed by atoms with Crippen LogP contribution >= 0.6 is 11.8 Å². The SMILES string of the molecule is COCCCCC(N)CSc1ccccc1F. The predicted octanol–water partition coefficient (Wildman–Crippen LogP) is 3.06. The minimum Gasteiger partial charge on any atom is -0.385 e. The van der Waals surface area contributed by atoms with Gasteiger partial charge >= 0.3 is 0 Å². The predicted molar refractivity (Wildman–Crippen MR) is 70.8 cm³/mol. The van der Waals surface area contributed by atoms with E-state index in [0.717, 1.165) is 31.6 Å². The summed E-state index contributed by atoms with van der Waals surface area (Å²) in [5, 5.41) is 0. The number of hydrogen-bond donors (Lipinski definition) is 1. The van der Waals surface area contributed by atoms with E-state index in [1.807, 2.05) is 6.07 Å². The van der Waals surface area contributed by atoms with Gasteiger partial charge in [0.15, 0.2) is 0 Å². The first-order valence-corrected chi connectivity index (χ1v) is 6.84. The second-order valence-electron chi connectivity index (χ2n) is 3.99. The second-order valence-corrected chi connectivity index (χ2v) is 5.05. The molecule has 0 aliphatic heterocycles. The number of nitrogens with two attached hydrogens (primary N) is 1. The van der Waals surface area contributed by atoms with Crippen LogP contribution in [0.2, 0.25) is 0 Å². The summed E-state index contributed by atoms with van der Waals surface area (Å²) in [6, 6.07) is 6.93. The molecule has 0 saturated carbocycles. The summed E-state index contributed by atoms with van der Waals surface area (Å²) in [6.45, 7) is 0.785. The maximum Gasteiger partial charge on any atom is 0.136 e. The number of benzene rings is 1. The first-order valence-electron chi connectivity index (χ1n) is 5.86. The van der Waals surface area contributed by atoms with Crippen LogP contribution in [0.4, 0.5) is 4.39 Å². The molecule has 1 aromatic rings. The molecule has 0 amide bonds. The lowest BCUT2D eigenvalue weighted by atomic mass is 10.1. The summed E-state index contributed by atoms with van der Waals surface area (Å²) in [5.41, 5.74) is 5.97. The average molecular weight is 257 g/mol. The van der Waals surface area contributed by atoms with Gasteiger partial charge in [0.2, 0.25) is 0 Å². The van der Waals surface area contributed by atoms with Crippen molar-refractivity contribution >= 4 is 11.8 Å². The Balaban J connectivity index is 2.19. The molecule has 2 nitrogen and oxygen atoms in total. The summed E-state index contributed by atoms with van der Waals surface area (Å²) < 4.78 is 18.3. The minimum absolute atomic E-state index is 0.122. The van der Waals surface area contributed by atoms with Crippen LogP contribution in [-0.4, -0.2) is 25.5 Å². The molecule has 0 radical (unpaired) electrons. The Morgan fingerprint density at radius 3 is 2.82 bits per heavy atom. The molecular formula is C13H20FNOS. The summed E-state index contributed by atoms with van der Waals surface area (Å²) in [4.78, 5) is 0.680. The van der Waals surface area contributed by atoms with Crippen LogP contribution in [0, 0.1) is 5.82 Å². The van der Waals surface area contributed by atoms with Gasteiger partial charge in [-0.05, 0) is 31.4 Å². The molecule has 1 unspecified atom stereocenters. The smallest absolute Gasteiger partial charge is 0.136 e. The zero-order chi connectivity index (χ0) is 12.5. The van der Waals surface area contributed by atoms with Crippen LogP contribution in [0.25, 0.3) is 0 Å². The molecule has 96 valence electrons. The number of hydrogen-bond acceptors (Lipinski definition) is 3. The lowest BCUT2D eigenvalue weighted by Gasteiger charge is -2.11. The summed E-state index contributed by atoms with van der Waals surface area (Å²) >= 11 is 1.49. The Morgan fingerprint density at radius 2 is 2.12 bits per heavy atom. The molecule has 0 aliphatic carbocycles. The Morgan fingerprint density at radius 1 is 1.35 bits per heavy atom. The van der Waals surface area contributed by atoms with Gasteiger partial charge in [-0.3, -0.25) is 0 Å². The summed E-state index contributed by atoms with van der Waals surface area (Å²) in [7, 11) is 1.70. The molecule has 1 atom stereocenters. The molecule has 0 spiro atoms. The molecule has 1 aromatic carbocycles. The van der Waals surface area contributed by atoms with Gasteiger partial charge in [0.1, 0.15) is 5.82 Å². The van der Waals surface area contributed by atoms with Gasteiger partial charge in [0.05, 0.1) is 0 Å². The average Bonchev–Trinajstić information content (AvgIpc) is 2.34. The molecule has 0 heterocycles. The van der Waals surface area contributed by atoms with E-state index in [0.29, 0.717) is 4.90 Å². The van der Waals surface area contributed by atoms with Gasteiger partial charge in [0.25, 0.3) is 0 Å². The molecule has 0 aliphatic rings. The molecule has 1 rings (SSSR count). The van der Waals surface area contributed by atoms with Crippen molar-refractivity contribution in [3.05, 3.63) is 30.1 Å². The maximum atomic E-state index is 13.3. The monoisotopic (exact) mass is 257 g/mol. The van der Waals surface area contributed by atoms with Gasteiger partial charge in [0, 0.05) is 30.4 Å². The lowest BCUT2D eigenvalue weighted by Crippen LogP contribution is -2.22. The highest BCUT2D eigenvalue weighted by molar-refractivity contribution is 7.99. The van der Waals surface area contributed by atoms with Gasteiger partial charge < -0.3 is 10.5 Å². The highest BCUT2D eigenvalue weighted by Crippen LogP contribution is 2.22. The van der Waals surface area contributed by atoms with E-state index in [-0.39, 0.29) is 11.9 Å². The van der Waals surface area contributed by atoms with Crippen LogP contribution in [0.1, 0.15) is 19.3 Å². The van der Waals surface area contributed by atoms with E-state index in [1.54, 1.807) is 19.2 Å². The zero-order valence-electron chi connectivity index (χ0n) is 10.2. The lowest BCUT2D eigenvalue weighted by molar-refractivity contribution is 0.191. The minimum atomic E-state index is -0.163. The number of thioether (sulfide) groups is 1. The Labute approximate surface area is 107 Å². The summed E-state index contributed by atoms with van der Waals surface area (Å²) in [6.07, 6.45) is 3.06. The highest BCUT2D eigenvalue weighted by atomic mass is 32.2. The molecule has 0 aromatic heterocycles. The third-order valence-electron chi connectivity index (χ3n) is 2.46. The quantitative estimate of drug-likeness (QED) is 0.574. The highest BCUT2D eigenvalue weighted by Gasteiger charge is 2.06. The summed E-state index contributed by atoms with van der Waals surface area (Å²) in [5.74, 6) is 0.595. The number of unbranched alkanes of at least 4 members (excludes halogenated alkanes) is 1. The van der Waals surface area contributed by atoms with E-state index < -0.39 is 0 Å². The van der Waals surface area contributed by atoms with Crippen molar-refractivity contribution < 1.29 is 9.13 Å². The number of halogens is 1. The van der Waals surface area contributed by atoms with Gasteiger partial charge in [-0.25, -0.2) is 4.39 Å². The largest absolute Gasteiger partial charge is 0.385 e.